The van der Waals surface area contributed by atoms with E-state index in [9.17, 15) is 10.2 Å². The average molecular weight is 266 g/mol. The number of rotatable bonds is 0. The molecule has 1 saturated carbocycles. The highest BCUT2D eigenvalue weighted by Gasteiger charge is 2.70. The molecule has 0 aromatic rings. The van der Waals surface area contributed by atoms with Gasteiger partial charge in [-0.1, -0.05) is 19.9 Å². The van der Waals surface area contributed by atoms with Gasteiger partial charge in [0.2, 0.25) is 0 Å². The number of hydrogen-bond acceptors (Lipinski definition) is 4. The molecule has 2 aliphatic carbocycles. The fraction of sp³-hybridized carbons (Fsp3) is 0.867. The molecule has 106 valence electrons. The van der Waals surface area contributed by atoms with E-state index in [-0.39, 0.29) is 23.5 Å². The maximum atomic E-state index is 10.7. The summed E-state index contributed by atoms with van der Waals surface area (Å²) in [5, 5.41) is 21.3. The van der Waals surface area contributed by atoms with E-state index in [2.05, 4.69) is 19.9 Å². The molecule has 2 heterocycles. The zero-order valence-corrected chi connectivity index (χ0v) is 11.5. The normalized spacial score (nSPS) is 54.5. The van der Waals surface area contributed by atoms with Crippen LogP contribution in [0, 0.1) is 22.7 Å². The third kappa shape index (κ3) is 1.29. The average Bonchev–Trinajstić information content (AvgIpc) is 2.89. The summed E-state index contributed by atoms with van der Waals surface area (Å²) >= 11 is 0. The lowest BCUT2D eigenvalue weighted by Gasteiger charge is -2.57. The maximum absolute atomic E-state index is 10.7. The minimum absolute atomic E-state index is 0.0378. The monoisotopic (exact) mass is 266 g/mol. The summed E-state index contributed by atoms with van der Waals surface area (Å²) in [5.41, 5.74) is 0.769. The van der Waals surface area contributed by atoms with Crippen molar-refractivity contribution >= 4 is 0 Å². The Labute approximate surface area is 113 Å². The molecule has 2 aliphatic heterocycles. The van der Waals surface area contributed by atoms with Crippen LogP contribution in [0.2, 0.25) is 0 Å². The molecule has 19 heavy (non-hydrogen) atoms. The highest BCUT2D eigenvalue weighted by atomic mass is 16.7. The molecule has 4 heteroatoms. The summed E-state index contributed by atoms with van der Waals surface area (Å²) in [4.78, 5) is 0. The van der Waals surface area contributed by atoms with E-state index in [1.165, 1.54) is 5.57 Å². The quantitative estimate of drug-likeness (QED) is 0.651. The molecule has 4 rings (SSSR count). The topological polar surface area (TPSA) is 58.9 Å². The van der Waals surface area contributed by atoms with Gasteiger partial charge in [0.05, 0.1) is 18.1 Å². The summed E-state index contributed by atoms with van der Waals surface area (Å²) in [6.07, 6.45) is 3.12. The smallest absolute Gasteiger partial charge is 0.168 e. The number of ether oxygens (including phenoxy) is 2. The van der Waals surface area contributed by atoms with Crippen LogP contribution in [0.15, 0.2) is 11.6 Å². The Balaban J connectivity index is 1.90. The first kappa shape index (κ1) is 12.3. The highest BCUT2D eigenvalue weighted by Crippen LogP contribution is 2.66. The third-order valence-corrected chi connectivity index (χ3v) is 6.12. The van der Waals surface area contributed by atoms with Crippen LogP contribution in [0.4, 0.5) is 0 Å². The zero-order valence-electron chi connectivity index (χ0n) is 11.5. The second kappa shape index (κ2) is 3.61. The Morgan fingerprint density at radius 2 is 2.11 bits per heavy atom. The van der Waals surface area contributed by atoms with Crippen LogP contribution in [-0.4, -0.2) is 35.5 Å². The molecular weight excluding hydrogens is 244 g/mol. The van der Waals surface area contributed by atoms with Crippen molar-refractivity contribution in [3.05, 3.63) is 11.6 Å². The Kier molecular flexibility index (Phi) is 2.34. The fourth-order valence-corrected chi connectivity index (χ4v) is 5.19. The van der Waals surface area contributed by atoms with Gasteiger partial charge in [-0.15, -0.1) is 0 Å². The van der Waals surface area contributed by atoms with Gasteiger partial charge >= 0.3 is 0 Å². The lowest BCUT2D eigenvalue weighted by molar-refractivity contribution is -0.238. The third-order valence-electron chi connectivity index (χ3n) is 6.12. The van der Waals surface area contributed by atoms with Crippen LogP contribution in [0.25, 0.3) is 0 Å². The van der Waals surface area contributed by atoms with E-state index in [1.807, 2.05) is 0 Å². The minimum atomic E-state index is -0.911. The van der Waals surface area contributed by atoms with E-state index in [4.69, 9.17) is 9.47 Å². The van der Waals surface area contributed by atoms with Gasteiger partial charge in [-0.05, 0) is 36.2 Å². The van der Waals surface area contributed by atoms with Crippen molar-refractivity contribution in [2.24, 2.45) is 22.7 Å². The predicted octanol–water partition coefficient (Wildman–Crippen LogP) is 1.42. The lowest BCUT2D eigenvalue weighted by Crippen LogP contribution is -2.60. The number of aliphatic hydroxyl groups excluding tert-OH is 2. The molecule has 1 unspecified atom stereocenters. The van der Waals surface area contributed by atoms with Crippen molar-refractivity contribution in [2.45, 2.75) is 51.8 Å². The fourth-order valence-electron chi connectivity index (χ4n) is 5.19. The Bertz CT molecular complexity index is 437. The van der Waals surface area contributed by atoms with Gasteiger partial charge in [0.1, 0.15) is 0 Å². The first-order valence-corrected chi connectivity index (χ1v) is 7.30. The molecule has 0 radical (unpaired) electrons. The second-order valence-electron chi connectivity index (χ2n) is 7.26. The molecule has 2 saturated heterocycles. The standard InChI is InChI=1S/C15H22O4/c1-14(2)6-5-10(16)15-9(14)4-3-8-7-18-12(11(8)15)19-13(15)17/h3,9-13,16-17H,4-7H2,1-2H3/t9-,10-,11?,12+,13+,15+/m0/s1. The van der Waals surface area contributed by atoms with Gasteiger partial charge in [0, 0.05) is 5.92 Å². The summed E-state index contributed by atoms with van der Waals surface area (Å²) in [6, 6.07) is 0. The minimum Gasteiger partial charge on any atom is -0.392 e. The first-order chi connectivity index (χ1) is 8.98. The largest absolute Gasteiger partial charge is 0.392 e. The first-order valence-electron chi connectivity index (χ1n) is 7.30. The maximum Gasteiger partial charge on any atom is 0.168 e. The molecular formula is C15H22O4. The van der Waals surface area contributed by atoms with Crippen molar-refractivity contribution in [2.75, 3.05) is 6.61 Å². The predicted molar refractivity (Wildman–Crippen MR) is 68.0 cm³/mol. The molecule has 0 aromatic carbocycles. The van der Waals surface area contributed by atoms with Gasteiger partial charge in [0.25, 0.3) is 0 Å². The molecule has 0 bridgehead atoms. The number of aliphatic hydroxyl groups is 2. The van der Waals surface area contributed by atoms with Crippen LogP contribution in [0.3, 0.4) is 0 Å². The highest BCUT2D eigenvalue weighted by molar-refractivity contribution is 5.28. The zero-order chi connectivity index (χ0) is 13.4. The number of hydrogen-bond donors (Lipinski definition) is 2. The van der Waals surface area contributed by atoms with Crippen LogP contribution < -0.4 is 0 Å². The summed E-state index contributed by atoms with van der Waals surface area (Å²) in [6.45, 7) is 5.09. The summed E-state index contributed by atoms with van der Waals surface area (Å²) in [5.74, 6) is 0.287. The van der Waals surface area contributed by atoms with Crippen molar-refractivity contribution in [3.63, 3.8) is 0 Å². The summed E-state index contributed by atoms with van der Waals surface area (Å²) in [7, 11) is 0. The Hall–Kier alpha value is -0.420. The van der Waals surface area contributed by atoms with E-state index in [0.717, 1.165) is 19.3 Å². The van der Waals surface area contributed by atoms with Gasteiger partial charge in [0.15, 0.2) is 12.6 Å². The van der Waals surface area contributed by atoms with Crippen LogP contribution in [-0.2, 0) is 9.47 Å². The lowest BCUT2D eigenvalue weighted by atomic mass is 9.47. The molecule has 3 fully saturated rings. The van der Waals surface area contributed by atoms with Crippen LogP contribution in [0.5, 0.6) is 0 Å². The van der Waals surface area contributed by atoms with E-state index in [1.54, 1.807) is 0 Å². The van der Waals surface area contributed by atoms with Gasteiger partial charge in [-0.2, -0.15) is 0 Å². The second-order valence-corrected chi connectivity index (χ2v) is 7.26. The molecule has 0 amide bonds. The van der Waals surface area contributed by atoms with Crippen molar-refractivity contribution in [1.29, 1.82) is 0 Å². The van der Waals surface area contributed by atoms with Crippen LogP contribution in [0.1, 0.15) is 33.1 Å². The van der Waals surface area contributed by atoms with Crippen molar-refractivity contribution in [1.82, 2.24) is 0 Å². The molecule has 2 N–H and O–H groups in total. The molecule has 4 aliphatic rings. The molecule has 1 spiro atoms. The van der Waals surface area contributed by atoms with Gasteiger partial charge < -0.3 is 19.7 Å². The molecule has 4 nitrogen and oxygen atoms in total. The SMILES string of the molecule is CC1(C)CC[C@H](O)[C@@]23C4C(=CC[C@@H]12)CO[C@@H]4O[C@H]3O. The van der Waals surface area contributed by atoms with Crippen molar-refractivity contribution < 1.29 is 19.7 Å². The van der Waals surface area contributed by atoms with Gasteiger partial charge in [-0.3, -0.25) is 0 Å². The Morgan fingerprint density at radius 1 is 1.32 bits per heavy atom. The molecule has 0 aromatic heterocycles. The van der Waals surface area contributed by atoms with E-state index in [0.29, 0.717) is 6.61 Å². The molecule has 6 atom stereocenters. The number of allylic oxidation sites excluding steroid dienone is 1. The van der Waals surface area contributed by atoms with E-state index >= 15 is 0 Å². The van der Waals surface area contributed by atoms with Crippen molar-refractivity contribution in [3.8, 4) is 0 Å². The van der Waals surface area contributed by atoms with E-state index < -0.39 is 17.8 Å². The summed E-state index contributed by atoms with van der Waals surface area (Å²) < 4.78 is 11.3. The Morgan fingerprint density at radius 3 is 2.89 bits per heavy atom. The van der Waals surface area contributed by atoms with Gasteiger partial charge in [-0.25, -0.2) is 0 Å². The van der Waals surface area contributed by atoms with Crippen LogP contribution >= 0.6 is 0 Å².